The first-order valence-corrected chi connectivity index (χ1v) is 7.90. The molecule has 0 aliphatic rings. The molecular formula is C16H25N3S. The zero-order chi connectivity index (χ0) is 15.0. The van der Waals surface area contributed by atoms with E-state index in [0.717, 1.165) is 29.2 Å². The minimum absolute atomic E-state index is 0.567. The van der Waals surface area contributed by atoms with Gasteiger partial charge in [0.05, 0.1) is 17.2 Å². The molecule has 0 atom stereocenters. The molecule has 1 aromatic rings. The largest absolute Gasteiger partial charge is 0.401 e. The number of hydrogen-bond acceptors (Lipinski definition) is 4. The van der Waals surface area contributed by atoms with Crippen molar-refractivity contribution in [1.82, 2.24) is 0 Å². The Balaban J connectivity index is 3.04. The summed E-state index contributed by atoms with van der Waals surface area (Å²) in [5.74, 6) is 0. The van der Waals surface area contributed by atoms with Crippen molar-refractivity contribution in [2.45, 2.75) is 38.5 Å². The molecule has 0 heterocycles. The van der Waals surface area contributed by atoms with E-state index >= 15 is 0 Å². The minimum atomic E-state index is 0.567. The van der Waals surface area contributed by atoms with Crippen LogP contribution in [0.3, 0.4) is 0 Å². The van der Waals surface area contributed by atoms with Crippen LogP contribution in [0.25, 0.3) is 0 Å². The van der Waals surface area contributed by atoms with Crippen molar-refractivity contribution >= 4 is 17.5 Å². The first-order valence-electron chi connectivity index (χ1n) is 7.09. The van der Waals surface area contributed by atoms with E-state index in [-0.39, 0.29) is 0 Å². The van der Waals surface area contributed by atoms with Crippen molar-refractivity contribution in [3.63, 3.8) is 0 Å². The summed E-state index contributed by atoms with van der Waals surface area (Å²) in [5, 5.41) is 0. The number of nitrogens with zero attached hydrogens (tertiary/aromatic N) is 1. The van der Waals surface area contributed by atoms with Crippen LogP contribution in [0.2, 0.25) is 0 Å². The summed E-state index contributed by atoms with van der Waals surface area (Å²) in [6.07, 6.45) is 1.70. The van der Waals surface area contributed by atoms with Gasteiger partial charge in [0.15, 0.2) is 0 Å². The van der Waals surface area contributed by atoms with E-state index in [1.807, 2.05) is 0 Å². The normalized spacial score (nSPS) is 13.3. The van der Waals surface area contributed by atoms with E-state index in [1.165, 1.54) is 10.5 Å². The van der Waals surface area contributed by atoms with Gasteiger partial charge in [-0.05, 0) is 31.9 Å². The Morgan fingerprint density at radius 1 is 1.15 bits per heavy atom. The van der Waals surface area contributed by atoms with Crippen molar-refractivity contribution < 1.29 is 0 Å². The standard InChI is InChI=1S/C16H25N3S/c1-4-14(18)16(15(5-2)19-11-10-17)20-13-8-6-12(3)7-9-13/h6-9H,4-5,10-11,17-18H2,1-3H3. The van der Waals surface area contributed by atoms with Crippen molar-refractivity contribution in [1.29, 1.82) is 0 Å². The molecule has 0 spiro atoms. The molecule has 1 aromatic carbocycles. The number of aryl methyl sites for hydroxylation is 1. The zero-order valence-corrected chi connectivity index (χ0v) is 13.5. The van der Waals surface area contributed by atoms with Crippen LogP contribution in [0.15, 0.2) is 44.8 Å². The van der Waals surface area contributed by atoms with Gasteiger partial charge in [0.25, 0.3) is 0 Å². The Morgan fingerprint density at radius 2 is 1.80 bits per heavy atom. The van der Waals surface area contributed by atoms with Gasteiger partial charge >= 0.3 is 0 Å². The number of benzene rings is 1. The fourth-order valence-electron chi connectivity index (χ4n) is 1.74. The lowest BCUT2D eigenvalue weighted by molar-refractivity contribution is 0.966. The van der Waals surface area contributed by atoms with Crippen molar-refractivity contribution in [3.05, 3.63) is 40.4 Å². The number of rotatable bonds is 7. The van der Waals surface area contributed by atoms with E-state index in [9.17, 15) is 0 Å². The Bertz CT molecular complexity index is 475. The highest BCUT2D eigenvalue weighted by Gasteiger charge is 2.11. The summed E-state index contributed by atoms with van der Waals surface area (Å²) in [5.41, 5.74) is 15.0. The second-order valence-corrected chi connectivity index (χ2v) is 5.68. The number of aliphatic imine (C=N–C) groups is 1. The van der Waals surface area contributed by atoms with Gasteiger partial charge in [-0.15, -0.1) is 0 Å². The summed E-state index contributed by atoms with van der Waals surface area (Å²) in [7, 11) is 0. The highest BCUT2D eigenvalue weighted by Crippen LogP contribution is 2.30. The topological polar surface area (TPSA) is 64.4 Å². The van der Waals surface area contributed by atoms with Crippen LogP contribution >= 0.6 is 11.8 Å². The summed E-state index contributed by atoms with van der Waals surface area (Å²) >= 11 is 1.70. The molecular weight excluding hydrogens is 266 g/mol. The Hall–Kier alpha value is -1.26. The molecule has 0 aliphatic heterocycles. The van der Waals surface area contributed by atoms with Gasteiger partial charge < -0.3 is 11.5 Å². The molecule has 0 fully saturated rings. The molecule has 4 heteroatoms. The van der Waals surface area contributed by atoms with Crippen LogP contribution in [0, 0.1) is 6.92 Å². The van der Waals surface area contributed by atoms with E-state index in [2.05, 4.69) is 50.0 Å². The lowest BCUT2D eigenvalue weighted by Crippen LogP contribution is -2.11. The monoisotopic (exact) mass is 291 g/mol. The van der Waals surface area contributed by atoms with E-state index < -0.39 is 0 Å². The maximum absolute atomic E-state index is 6.19. The van der Waals surface area contributed by atoms with Crippen LogP contribution in [0.1, 0.15) is 32.3 Å². The molecule has 0 aliphatic carbocycles. The van der Waals surface area contributed by atoms with E-state index in [0.29, 0.717) is 13.1 Å². The summed E-state index contributed by atoms with van der Waals surface area (Å²) in [4.78, 5) is 6.86. The lowest BCUT2D eigenvalue weighted by Gasteiger charge is -2.13. The first-order chi connectivity index (χ1) is 9.62. The Morgan fingerprint density at radius 3 is 2.30 bits per heavy atom. The average molecular weight is 291 g/mol. The lowest BCUT2D eigenvalue weighted by atomic mass is 10.2. The molecule has 0 amide bonds. The average Bonchev–Trinajstić information content (AvgIpc) is 2.47. The van der Waals surface area contributed by atoms with Crippen LogP contribution in [0.5, 0.6) is 0 Å². The van der Waals surface area contributed by atoms with Crippen LogP contribution < -0.4 is 11.5 Å². The predicted octanol–water partition coefficient (Wildman–Crippen LogP) is 3.48. The third-order valence-electron chi connectivity index (χ3n) is 2.94. The molecule has 4 N–H and O–H groups in total. The third kappa shape index (κ3) is 5.02. The maximum Gasteiger partial charge on any atom is 0.0520 e. The van der Waals surface area contributed by atoms with Gasteiger partial charge in [0.1, 0.15) is 0 Å². The van der Waals surface area contributed by atoms with Crippen molar-refractivity contribution in [2.75, 3.05) is 13.1 Å². The fourth-order valence-corrected chi connectivity index (χ4v) is 2.85. The second-order valence-electron chi connectivity index (χ2n) is 4.59. The molecule has 0 bridgehead atoms. The molecule has 110 valence electrons. The number of thioether (sulfide) groups is 1. The molecule has 20 heavy (non-hydrogen) atoms. The fraction of sp³-hybridized carbons (Fsp3) is 0.438. The minimum Gasteiger partial charge on any atom is -0.401 e. The molecule has 3 nitrogen and oxygen atoms in total. The quantitative estimate of drug-likeness (QED) is 0.597. The van der Waals surface area contributed by atoms with Crippen molar-refractivity contribution in [3.8, 4) is 0 Å². The smallest absolute Gasteiger partial charge is 0.0520 e. The number of hydrogen-bond donors (Lipinski definition) is 2. The first kappa shape index (κ1) is 16.8. The highest BCUT2D eigenvalue weighted by atomic mass is 32.2. The summed E-state index contributed by atoms with van der Waals surface area (Å²) < 4.78 is 0. The Kier molecular flexibility index (Phi) is 7.41. The number of allylic oxidation sites excluding steroid dienone is 2. The molecule has 0 saturated heterocycles. The van der Waals surface area contributed by atoms with Crippen LogP contribution in [-0.4, -0.2) is 18.8 Å². The van der Waals surface area contributed by atoms with Gasteiger partial charge in [0.2, 0.25) is 0 Å². The van der Waals surface area contributed by atoms with Gasteiger partial charge in [-0.2, -0.15) is 0 Å². The maximum atomic E-state index is 6.19. The molecule has 1 rings (SSSR count). The molecule has 0 saturated carbocycles. The second kappa shape index (κ2) is 8.82. The van der Waals surface area contributed by atoms with Gasteiger partial charge in [-0.1, -0.05) is 43.3 Å². The zero-order valence-electron chi connectivity index (χ0n) is 12.6. The predicted molar refractivity (Wildman–Crippen MR) is 90.2 cm³/mol. The molecule has 0 aromatic heterocycles. The summed E-state index contributed by atoms with van der Waals surface area (Å²) in [6, 6.07) is 8.48. The van der Waals surface area contributed by atoms with Crippen LogP contribution in [0.4, 0.5) is 0 Å². The molecule has 0 unspecified atom stereocenters. The third-order valence-corrected chi connectivity index (χ3v) is 4.15. The van der Waals surface area contributed by atoms with E-state index in [4.69, 9.17) is 11.5 Å². The summed E-state index contributed by atoms with van der Waals surface area (Å²) in [6.45, 7) is 7.48. The highest BCUT2D eigenvalue weighted by molar-refractivity contribution is 8.04. The molecule has 0 radical (unpaired) electrons. The SMILES string of the molecule is CCC(=NCCN)C(Sc1ccc(C)cc1)=C(N)CC. The van der Waals surface area contributed by atoms with Gasteiger partial charge in [0, 0.05) is 17.1 Å². The van der Waals surface area contributed by atoms with Crippen molar-refractivity contribution in [2.24, 2.45) is 16.5 Å². The van der Waals surface area contributed by atoms with Crippen LogP contribution in [-0.2, 0) is 0 Å². The number of nitrogens with two attached hydrogens (primary N) is 2. The van der Waals surface area contributed by atoms with Gasteiger partial charge in [-0.25, -0.2) is 0 Å². The Labute approximate surface area is 126 Å². The van der Waals surface area contributed by atoms with E-state index in [1.54, 1.807) is 11.8 Å². The van der Waals surface area contributed by atoms with Gasteiger partial charge in [-0.3, -0.25) is 4.99 Å².